The van der Waals surface area contributed by atoms with Gasteiger partial charge in [-0.05, 0) is 25.5 Å². The van der Waals surface area contributed by atoms with Crippen molar-refractivity contribution in [3.05, 3.63) is 34.2 Å². The van der Waals surface area contributed by atoms with Crippen LogP contribution in [0.5, 0.6) is 5.88 Å². The zero-order valence-electron chi connectivity index (χ0n) is 13.0. The predicted molar refractivity (Wildman–Crippen MR) is 83.1 cm³/mol. The molecule has 7 heteroatoms. The van der Waals surface area contributed by atoms with Crippen LogP contribution in [0.25, 0.3) is 10.9 Å². The molecule has 0 bridgehead atoms. The zero-order valence-corrected chi connectivity index (χ0v) is 13.0. The highest BCUT2D eigenvalue weighted by atomic mass is 16.5. The Morgan fingerprint density at radius 1 is 1.48 bits per heavy atom. The van der Waals surface area contributed by atoms with Gasteiger partial charge in [0, 0.05) is 19.2 Å². The van der Waals surface area contributed by atoms with Crippen LogP contribution in [0.1, 0.15) is 25.3 Å². The van der Waals surface area contributed by atoms with Gasteiger partial charge in [-0.3, -0.25) is 9.59 Å². The molecule has 0 atom stereocenters. The van der Waals surface area contributed by atoms with Crippen molar-refractivity contribution in [1.29, 1.82) is 5.26 Å². The quantitative estimate of drug-likeness (QED) is 0.752. The fourth-order valence-electron chi connectivity index (χ4n) is 2.23. The van der Waals surface area contributed by atoms with Gasteiger partial charge in [-0.1, -0.05) is 0 Å². The van der Waals surface area contributed by atoms with Crippen molar-refractivity contribution >= 4 is 16.9 Å². The lowest BCUT2D eigenvalue weighted by atomic mass is 10.2. The number of carbonyl (C=O) groups is 1. The smallest absolute Gasteiger partial charge is 0.305 e. The number of hydrogen-bond donors (Lipinski definition) is 0. The minimum Gasteiger partial charge on any atom is -0.480 e. The normalized spacial score (nSPS) is 10.3. The number of ether oxygens (including phenoxy) is 2. The first-order chi connectivity index (χ1) is 11.1. The molecule has 0 N–H and O–H groups in total. The number of esters is 1. The lowest BCUT2D eigenvalue weighted by Crippen LogP contribution is -2.20. The van der Waals surface area contributed by atoms with Crippen LogP contribution >= 0.6 is 0 Å². The van der Waals surface area contributed by atoms with Crippen molar-refractivity contribution in [3.8, 4) is 11.9 Å². The summed E-state index contributed by atoms with van der Waals surface area (Å²) < 4.78 is 11.4. The molecule has 120 valence electrons. The molecule has 23 heavy (non-hydrogen) atoms. The van der Waals surface area contributed by atoms with Crippen LogP contribution in [-0.4, -0.2) is 29.2 Å². The number of aromatic nitrogens is 2. The van der Waals surface area contributed by atoms with E-state index in [1.807, 2.05) is 6.07 Å². The Balaban J connectivity index is 2.26. The highest BCUT2D eigenvalue weighted by Gasteiger charge is 2.11. The second-order valence-electron chi connectivity index (χ2n) is 4.81. The molecule has 0 aromatic carbocycles. The molecule has 0 radical (unpaired) electrons. The number of nitriles is 1. The Hall–Kier alpha value is -2.88. The lowest BCUT2D eigenvalue weighted by Gasteiger charge is -2.08. The molecule has 0 aliphatic carbocycles. The number of nitrogens with zero attached hydrogens (tertiary/aromatic N) is 3. The van der Waals surface area contributed by atoms with Gasteiger partial charge in [0.25, 0.3) is 5.56 Å². The summed E-state index contributed by atoms with van der Waals surface area (Å²) in [6.45, 7) is 2.49. The van der Waals surface area contributed by atoms with E-state index in [1.54, 1.807) is 19.2 Å². The van der Waals surface area contributed by atoms with Crippen LogP contribution in [0.2, 0.25) is 0 Å². The summed E-state index contributed by atoms with van der Waals surface area (Å²) in [6, 6.07) is 5.12. The largest absolute Gasteiger partial charge is 0.480 e. The first kappa shape index (κ1) is 16.5. The Kier molecular flexibility index (Phi) is 5.31. The molecule has 2 aromatic rings. The SMILES string of the molecule is CCOC(=O)CCCn1ccc2nc(OC)c(C#N)cc2c1=O. The number of fused-ring (bicyclic) bond motifs is 1. The minimum atomic E-state index is -0.278. The van der Waals surface area contributed by atoms with Gasteiger partial charge in [-0.2, -0.15) is 5.26 Å². The van der Waals surface area contributed by atoms with Crippen molar-refractivity contribution < 1.29 is 14.3 Å². The van der Waals surface area contributed by atoms with Gasteiger partial charge in [0.2, 0.25) is 5.88 Å². The molecule has 0 unspecified atom stereocenters. The Bertz CT molecular complexity index is 820. The van der Waals surface area contributed by atoms with Gasteiger partial charge in [0.15, 0.2) is 0 Å². The molecule has 7 nitrogen and oxygen atoms in total. The van der Waals surface area contributed by atoms with Crippen LogP contribution in [0, 0.1) is 11.3 Å². The Morgan fingerprint density at radius 2 is 2.26 bits per heavy atom. The van der Waals surface area contributed by atoms with Crippen LogP contribution in [0.3, 0.4) is 0 Å². The molecule has 0 aliphatic heterocycles. The van der Waals surface area contributed by atoms with E-state index in [-0.39, 0.29) is 29.4 Å². The van der Waals surface area contributed by atoms with Gasteiger partial charge >= 0.3 is 5.97 Å². The third-order valence-electron chi connectivity index (χ3n) is 3.32. The molecule has 0 aliphatic rings. The monoisotopic (exact) mass is 315 g/mol. The highest BCUT2D eigenvalue weighted by molar-refractivity contribution is 5.80. The molecular formula is C16H17N3O4. The van der Waals surface area contributed by atoms with Crippen molar-refractivity contribution in [3.63, 3.8) is 0 Å². The molecule has 2 rings (SSSR count). The molecule has 2 heterocycles. The maximum absolute atomic E-state index is 12.5. The van der Waals surface area contributed by atoms with E-state index < -0.39 is 0 Å². The summed E-state index contributed by atoms with van der Waals surface area (Å²) in [7, 11) is 1.42. The van der Waals surface area contributed by atoms with Gasteiger partial charge in [-0.15, -0.1) is 0 Å². The van der Waals surface area contributed by atoms with Crippen LogP contribution in [0.15, 0.2) is 23.1 Å². The van der Waals surface area contributed by atoms with Crippen molar-refractivity contribution in [2.75, 3.05) is 13.7 Å². The number of carbonyl (C=O) groups excluding carboxylic acids is 1. The standard InChI is InChI=1S/C16H17N3O4/c1-3-23-14(20)5-4-7-19-8-6-13-12(16(19)21)9-11(10-17)15(18-13)22-2/h6,8-9H,3-5,7H2,1-2H3. The van der Waals surface area contributed by atoms with Crippen LogP contribution in [-0.2, 0) is 16.1 Å². The summed E-state index contributed by atoms with van der Waals surface area (Å²) in [5, 5.41) is 9.44. The van der Waals surface area contributed by atoms with E-state index in [2.05, 4.69) is 4.98 Å². The number of hydrogen-bond acceptors (Lipinski definition) is 6. The number of rotatable bonds is 6. The molecule has 0 fully saturated rings. The number of pyridine rings is 2. The third-order valence-corrected chi connectivity index (χ3v) is 3.32. The molecule has 0 spiro atoms. The fourth-order valence-corrected chi connectivity index (χ4v) is 2.23. The summed E-state index contributed by atoms with van der Waals surface area (Å²) >= 11 is 0. The fraction of sp³-hybridized carbons (Fsp3) is 0.375. The van der Waals surface area contributed by atoms with E-state index in [1.165, 1.54) is 17.7 Å². The maximum atomic E-state index is 12.5. The predicted octanol–water partition coefficient (Wildman–Crippen LogP) is 1.62. The molecule has 2 aromatic heterocycles. The van der Waals surface area contributed by atoms with Crippen LogP contribution < -0.4 is 10.3 Å². The highest BCUT2D eigenvalue weighted by Crippen LogP contribution is 2.19. The Morgan fingerprint density at radius 3 is 2.91 bits per heavy atom. The average molecular weight is 315 g/mol. The van der Waals surface area contributed by atoms with E-state index in [9.17, 15) is 9.59 Å². The summed E-state index contributed by atoms with van der Waals surface area (Å²) in [5.74, 6) is -0.0843. The van der Waals surface area contributed by atoms with Crippen molar-refractivity contribution in [2.45, 2.75) is 26.3 Å². The maximum Gasteiger partial charge on any atom is 0.305 e. The van der Waals surface area contributed by atoms with E-state index >= 15 is 0 Å². The first-order valence-electron chi connectivity index (χ1n) is 7.24. The molecule has 0 amide bonds. The number of aryl methyl sites for hydroxylation is 1. The third kappa shape index (κ3) is 3.66. The summed E-state index contributed by atoms with van der Waals surface area (Å²) in [4.78, 5) is 27.9. The van der Waals surface area contributed by atoms with E-state index in [4.69, 9.17) is 14.7 Å². The van der Waals surface area contributed by atoms with E-state index in [0.717, 1.165) is 0 Å². The minimum absolute atomic E-state index is 0.194. The van der Waals surface area contributed by atoms with Crippen LogP contribution in [0.4, 0.5) is 0 Å². The molecular weight excluding hydrogens is 298 g/mol. The van der Waals surface area contributed by atoms with Crippen molar-refractivity contribution in [2.24, 2.45) is 0 Å². The second-order valence-corrected chi connectivity index (χ2v) is 4.81. The molecule has 0 saturated carbocycles. The Labute approximate surface area is 133 Å². The zero-order chi connectivity index (χ0) is 16.8. The summed E-state index contributed by atoms with van der Waals surface area (Å²) in [5.41, 5.74) is 0.423. The number of methoxy groups -OCH3 is 1. The van der Waals surface area contributed by atoms with Gasteiger partial charge < -0.3 is 14.0 Å². The molecule has 0 saturated heterocycles. The van der Waals surface area contributed by atoms with Gasteiger partial charge in [-0.25, -0.2) is 4.98 Å². The van der Waals surface area contributed by atoms with Gasteiger partial charge in [0.05, 0.1) is 24.6 Å². The van der Waals surface area contributed by atoms with Gasteiger partial charge in [0.1, 0.15) is 11.6 Å². The topological polar surface area (TPSA) is 94.2 Å². The average Bonchev–Trinajstić information content (AvgIpc) is 2.56. The van der Waals surface area contributed by atoms with E-state index in [0.29, 0.717) is 30.5 Å². The lowest BCUT2D eigenvalue weighted by molar-refractivity contribution is -0.143. The van der Waals surface area contributed by atoms with Crippen molar-refractivity contribution in [1.82, 2.24) is 9.55 Å². The first-order valence-corrected chi connectivity index (χ1v) is 7.24. The second kappa shape index (κ2) is 7.40. The summed E-state index contributed by atoms with van der Waals surface area (Å²) in [6.07, 6.45) is 2.37.